The van der Waals surface area contributed by atoms with Crippen molar-refractivity contribution in [1.29, 1.82) is 0 Å². The highest BCUT2D eigenvalue weighted by Crippen LogP contribution is 2.40. The summed E-state index contributed by atoms with van der Waals surface area (Å²) in [6.45, 7) is 0.786. The first-order valence-electron chi connectivity index (χ1n) is 8.14. The van der Waals surface area contributed by atoms with Crippen LogP contribution in [0.15, 0.2) is 42.5 Å². The van der Waals surface area contributed by atoms with Crippen LogP contribution in [0.2, 0.25) is 0 Å². The minimum absolute atomic E-state index is 0. The maximum atomic E-state index is 13.3. The first kappa shape index (κ1) is 17.2. The van der Waals surface area contributed by atoms with Crippen LogP contribution in [0, 0.1) is 0 Å². The van der Waals surface area contributed by atoms with Gasteiger partial charge in [-0.3, -0.25) is 4.79 Å². The fourth-order valence-electron chi connectivity index (χ4n) is 3.62. The Morgan fingerprint density at radius 1 is 1.12 bits per heavy atom. The highest BCUT2D eigenvalue weighted by molar-refractivity contribution is 8.00. The minimum atomic E-state index is -0.0904. The van der Waals surface area contributed by atoms with E-state index in [4.69, 9.17) is 5.73 Å². The van der Waals surface area contributed by atoms with Gasteiger partial charge in [0.25, 0.3) is 0 Å². The van der Waals surface area contributed by atoms with Crippen molar-refractivity contribution in [1.82, 2.24) is 0 Å². The fourth-order valence-corrected chi connectivity index (χ4v) is 4.87. The van der Waals surface area contributed by atoms with Gasteiger partial charge < -0.3 is 10.6 Å². The van der Waals surface area contributed by atoms with E-state index >= 15 is 0 Å². The molecule has 5 heteroatoms. The van der Waals surface area contributed by atoms with E-state index < -0.39 is 0 Å². The molecule has 0 spiro atoms. The quantitative estimate of drug-likeness (QED) is 0.782. The summed E-state index contributed by atoms with van der Waals surface area (Å²) in [5.74, 6) is 1.21. The fraction of sp³-hybridized carbons (Fsp3) is 0.316. The lowest BCUT2D eigenvalue weighted by atomic mass is 9.97. The number of carbonyl (C=O) groups excluding carboxylic acids is 1. The highest BCUT2D eigenvalue weighted by atomic mass is 35.5. The van der Waals surface area contributed by atoms with Crippen molar-refractivity contribution in [3.63, 3.8) is 0 Å². The van der Waals surface area contributed by atoms with E-state index in [1.54, 1.807) is 11.8 Å². The number of hydrogen-bond acceptors (Lipinski definition) is 3. The predicted molar refractivity (Wildman–Crippen MR) is 104 cm³/mol. The number of nitrogens with zero attached hydrogens (tertiary/aromatic N) is 1. The summed E-state index contributed by atoms with van der Waals surface area (Å²) in [7, 11) is 0. The molecule has 0 radical (unpaired) electrons. The van der Waals surface area contributed by atoms with Crippen molar-refractivity contribution in [3.05, 3.63) is 59.2 Å². The second-order valence-electron chi connectivity index (χ2n) is 6.14. The van der Waals surface area contributed by atoms with Gasteiger partial charge in [-0.25, -0.2) is 0 Å². The first-order chi connectivity index (χ1) is 11.3. The molecule has 1 atom stereocenters. The van der Waals surface area contributed by atoms with Crippen LogP contribution in [0.25, 0.3) is 0 Å². The number of carbonyl (C=O) groups is 1. The number of aryl methyl sites for hydroxylation is 1. The second kappa shape index (κ2) is 7.08. The lowest BCUT2D eigenvalue weighted by molar-refractivity contribution is -0.118. The van der Waals surface area contributed by atoms with Gasteiger partial charge >= 0.3 is 0 Å². The Morgan fingerprint density at radius 3 is 2.83 bits per heavy atom. The lowest BCUT2D eigenvalue weighted by Gasteiger charge is -2.34. The molecule has 2 heterocycles. The Bertz CT molecular complexity index is 765. The van der Waals surface area contributed by atoms with Crippen LogP contribution in [0.1, 0.15) is 28.4 Å². The Kier molecular flexibility index (Phi) is 5.07. The number of fused-ring (bicyclic) bond motifs is 2. The van der Waals surface area contributed by atoms with E-state index in [0.29, 0.717) is 0 Å². The number of thioether (sulfide) groups is 1. The highest BCUT2D eigenvalue weighted by Gasteiger charge is 2.33. The molecule has 0 saturated carbocycles. The zero-order chi connectivity index (χ0) is 15.8. The molecular formula is C19H21ClN2OS. The van der Waals surface area contributed by atoms with Gasteiger partial charge in [0.2, 0.25) is 5.91 Å². The number of nitrogens with two attached hydrogens (primary N) is 1. The molecule has 2 aromatic carbocycles. The summed E-state index contributed by atoms with van der Waals surface area (Å²) in [5, 5.41) is -0.0904. The largest absolute Gasteiger partial charge is 0.398 e. The lowest BCUT2D eigenvalue weighted by Crippen LogP contribution is -2.39. The molecule has 0 saturated heterocycles. The summed E-state index contributed by atoms with van der Waals surface area (Å²) >= 11 is 1.76. The van der Waals surface area contributed by atoms with E-state index in [0.717, 1.165) is 48.5 Å². The molecule has 24 heavy (non-hydrogen) atoms. The van der Waals surface area contributed by atoms with Crippen molar-refractivity contribution in [3.8, 4) is 0 Å². The number of benzene rings is 2. The van der Waals surface area contributed by atoms with E-state index in [1.807, 2.05) is 29.2 Å². The van der Waals surface area contributed by atoms with Crippen molar-refractivity contribution < 1.29 is 4.79 Å². The van der Waals surface area contributed by atoms with Gasteiger partial charge in [-0.15, -0.1) is 24.2 Å². The normalized spacial score (nSPS) is 19.0. The van der Waals surface area contributed by atoms with E-state index in [1.165, 1.54) is 11.1 Å². The summed E-state index contributed by atoms with van der Waals surface area (Å²) < 4.78 is 0. The number of rotatable bonds is 1. The van der Waals surface area contributed by atoms with Crippen LogP contribution in [-0.2, 0) is 17.6 Å². The number of nitrogen functional groups attached to an aromatic ring is 1. The van der Waals surface area contributed by atoms with Crippen LogP contribution >= 0.6 is 24.2 Å². The molecule has 2 N–H and O–H groups in total. The molecule has 0 aromatic heterocycles. The van der Waals surface area contributed by atoms with Crippen molar-refractivity contribution >= 4 is 41.5 Å². The van der Waals surface area contributed by atoms with Crippen molar-refractivity contribution in [2.24, 2.45) is 0 Å². The van der Waals surface area contributed by atoms with Gasteiger partial charge in [0.15, 0.2) is 0 Å². The van der Waals surface area contributed by atoms with E-state index in [2.05, 4.69) is 18.2 Å². The Labute approximate surface area is 153 Å². The average molecular weight is 361 g/mol. The molecule has 2 aromatic rings. The molecule has 3 nitrogen and oxygen atoms in total. The summed E-state index contributed by atoms with van der Waals surface area (Å²) in [4.78, 5) is 15.2. The minimum Gasteiger partial charge on any atom is -0.398 e. The SMILES string of the molecule is Cl.Nc1cccc2c1CCCN2C(=O)C1SCCc2ccccc21. The molecule has 0 fully saturated rings. The topological polar surface area (TPSA) is 46.3 Å². The van der Waals surface area contributed by atoms with Gasteiger partial charge in [-0.2, -0.15) is 0 Å². The third-order valence-corrected chi connectivity index (χ3v) is 6.00. The summed E-state index contributed by atoms with van der Waals surface area (Å²) in [6, 6.07) is 14.3. The molecule has 4 rings (SSSR count). The zero-order valence-corrected chi connectivity index (χ0v) is 15.0. The van der Waals surface area contributed by atoms with Crippen LogP contribution in [-0.4, -0.2) is 18.2 Å². The molecular weight excluding hydrogens is 340 g/mol. The maximum absolute atomic E-state index is 13.3. The number of halogens is 1. The Hall–Kier alpha value is -1.65. The third-order valence-electron chi connectivity index (χ3n) is 4.77. The summed E-state index contributed by atoms with van der Waals surface area (Å²) in [5.41, 5.74) is 11.5. The summed E-state index contributed by atoms with van der Waals surface area (Å²) in [6.07, 6.45) is 2.99. The molecule has 1 amide bonds. The molecule has 126 valence electrons. The van der Waals surface area contributed by atoms with Crippen molar-refractivity contribution in [2.75, 3.05) is 22.9 Å². The smallest absolute Gasteiger partial charge is 0.244 e. The van der Waals surface area contributed by atoms with E-state index in [-0.39, 0.29) is 23.6 Å². The van der Waals surface area contributed by atoms with Gasteiger partial charge in [0.05, 0.1) is 0 Å². The maximum Gasteiger partial charge on any atom is 0.244 e. The third kappa shape index (κ3) is 2.89. The molecule has 0 bridgehead atoms. The number of hydrogen-bond donors (Lipinski definition) is 1. The number of amides is 1. The monoisotopic (exact) mass is 360 g/mol. The molecule has 2 aliphatic heterocycles. The molecule has 0 aliphatic carbocycles. The average Bonchev–Trinajstić information content (AvgIpc) is 2.60. The Balaban J connectivity index is 0.00000169. The zero-order valence-electron chi connectivity index (χ0n) is 13.4. The second-order valence-corrected chi connectivity index (χ2v) is 7.35. The Morgan fingerprint density at radius 2 is 1.96 bits per heavy atom. The number of anilines is 2. The van der Waals surface area contributed by atoms with Gasteiger partial charge in [-0.05, 0) is 53.8 Å². The molecule has 1 unspecified atom stereocenters. The van der Waals surface area contributed by atoms with Crippen molar-refractivity contribution in [2.45, 2.75) is 24.5 Å². The van der Waals surface area contributed by atoms with Crippen LogP contribution in [0.4, 0.5) is 11.4 Å². The van der Waals surface area contributed by atoms with Crippen LogP contribution in [0.5, 0.6) is 0 Å². The van der Waals surface area contributed by atoms with Gasteiger partial charge in [-0.1, -0.05) is 30.3 Å². The predicted octanol–water partition coefficient (Wildman–Crippen LogP) is 4.00. The molecule has 2 aliphatic rings. The standard InChI is InChI=1S/C19H20N2OS.ClH/c20-16-8-3-9-17-15(16)7-4-11-21(17)19(22)18-14-6-2-1-5-13(14)10-12-23-18;/h1-3,5-6,8-9,18H,4,7,10-12,20H2;1H. The van der Waals surface area contributed by atoms with Crippen LogP contribution in [0.3, 0.4) is 0 Å². The van der Waals surface area contributed by atoms with Gasteiger partial charge in [0, 0.05) is 17.9 Å². The first-order valence-corrected chi connectivity index (χ1v) is 9.19. The van der Waals surface area contributed by atoms with E-state index in [9.17, 15) is 4.79 Å². The van der Waals surface area contributed by atoms with Crippen LogP contribution < -0.4 is 10.6 Å². The van der Waals surface area contributed by atoms with Gasteiger partial charge in [0.1, 0.15) is 5.25 Å².